The maximum Gasteiger partial charge on any atom is 0.246 e. The maximum atomic E-state index is 12.1. The van der Waals surface area contributed by atoms with E-state index in [0.717, 1.165) is 37.2 Å². The molecular weight excluding hydrogens is 262 g/mol. The van der Waals surface area contributed by atoms with Crippen LogP contribution >= 0.6 is 11.6 Å². The van der Waals surface area contributed by atoms with Crippen molar-refractivity contribution >= 4 is 23.6 Å². The van der Waals surface area contributed by atoms with E-state index in [4.69, 9.17) is 11.6 Å². The Hall–Kier alpha value is -1.29. The van der Waals surface area contributed by atoms with Crippen LogP contribution in [0.3, 0.4) is 0 Å². The molecule has 1 aliphatic rings. The van der Waals surface area contributed by atoms with Crippen LogP contribution in [-0.4, -0.2) is 33.7 Å². The number of hydrogen-bond donors (Lipinski definition) is 0. The van der Waals surface area contributed by atoms with Gasteiger partial charge in [-0.15, -0.1) is 0 Å². The predicted molar refractivity (Wildman–Crippen MR) is 77.0 cm³/mol. The number of aromatic nitrogens is 2. The molecule has 0 radical (unpaired) electrons. The summed E-state index contributed by atoms with van der Waals surface area (Å²) in [4.78, 5) is 14.0. The van der Waals surface area contributed by atoms with Crippen molar-refractivity contribution in [2.75, 3.05) is 13.1 Å². The number of aryl methyl sites for hydroxylation is 2. The van der Waals surface area contributed by atoms with Crippen LogP contribution in [-0.2, 0) is 11.8 Å². The van der Waals surface area contributed by atoms with Gasteiger partial charge in [0.1, 0.15) is 5.15 Å². The summed E-state index contributed by atoms with van der Waals surface area (Å²) >= 11 is 6.13. The summed E-state index contributed by atoms with van der Waals surface area (Å²) < 4.78 is 1.62. The van der Waals surface area contributed by atoms with Crippen LogP contribution in [0.1, 0.15) is 36.9 Å². The summed E-state index contributed by atoms with van der Waals surface area (Å²) in [6.07, 6.45) is 8.04. The van der Waals surface area contributed by atoms with Gasteiger partial charge in [0.05, 0.1) is 5.69 Å². The Morgan fingerprint density at radius 1 is 1.26 bits per heavy atom. The molecule has 1 aromatic rings. The SMILES string of the molecule is Cc1nn(C)c(Cl)c1/C=C/C(=O)N1CCCCCC1. The van der Waals surface area contributed by atoms with Gasteiger partial charge in [0.2, 0.25) is 5.91 Å². The topological polar surface area (TPSA) is 38.1 Å². The minimum Gasteiger partial charge on any atom is -0.339 e. The number of carbonyl (C=O) groups excluding carboxylic acids is 1. The van der Waals surface area contributed by atoms with Crippen LogP contribution in [0, 0.1) is 6.92 Å². The summed E-state index contributed by atoms with van der Waals surface area (Å²) in [6, 6.07) is 0. The van der Waals surface area contributed by atoms with Gasteiger partial charge >= 0.3 is 0 Å². The molecule has 5 heteroatoms. The molecule has 0 bridgehead atoms. The van der Waals surface area contributed by atoms with Gasteiger partial charge in [-0.05, 0) is 25.8 Å². The quantitative estimate of drug-likeness (QED) is 0.782. The first-order valence-electron chi connectivity index (χ1n) is 6.75. The van der Waals surface area contributed by atoms with Gasteiger partial charge in [0.15, 0.2) is 0 Å². The molecular formula is C14H20ClN3O. The Bertz CT molecular complexity index is 485. The van der Waals surface area contributed by atoms with Crippen molar-refractivity contribution in [1.29, 1.82) is 0 Å². The molecule has 19 heavy (non-hydrogen) atoms. The second kappa shape index (κ2) is 6.24. The van der Waals surface area contributed by atoms with E-state index < -0.39 is 0 Å². The van der Waals surface area contributed by atoms with E-state index in [1.807, 2.05) is 11.8 Å². The molecule has 4 nitrogen and oxygen atoms in total. The van der Waals surface area contributed by atoms with E-state index in [-0.39, 0.29) is 5.91 Å². The first kappa shape index (κ1) is 14.1. The minimum absolute atomic E-state index is 0.0706. The van der Waals surface area contributed by atoms with Crippen LogP contribution in [0.15, 0.2) is 6.08 Å². The van der Waals surface area contributed by atoms with E-state index >= 15 is 0 Å². The monoisotopic (exact) mass is 281 g/mol. The number of rotatable bonds is 2. The van der Waals surface area contributed by atoms with Gasteiger partial charge in [-0.3, -0.25) is 9.48 Å². The third-order valence-electron chi connectivity index (χ3n) is 3.51. The lowest BCUT2D eigenvalue weighted by Crippen LogP contribution is -2.30. The zero-order valence-electron chi connectivity index (χ0n) is 11.5. The molecule has 0 unspecified atom stereocenters. The molecule has 1 fully saturated rings. The first-order chi connectivity index (χ1) is 9.09. The van der Waals surface area contributed by atoms with Gasteiger partial charge in [0, 0.05) is 31.8 Å². The van der Waals surface area contributed by atoms with Crippen molar-refractivity contribution in [3.05, 3.63) is 22.5 Å². The molecule has 1 saturated heterocycles. The van der Waals surface area contributed by atoms with Gasteiger partial charge in [-0.1, -0.05) is 24.4 Å². The summed E-state index contributed by atoms with van der Waals surface area (Å²) in [5.41, 5.74) is 1.67. The molecule has 0 N–H and O–H groups in total. The van der Waals surface area contributed by atoms with Crippen molar-refractivity contribution in [2.24, 2.45) is 7.05 Å². The van der Waals surface area contributed by atoms with Crippen molar-refractivity contribution in [3.63, 3.8) is 0 Å². The maximum absolute atomic E-state index is 12.1. The molecule has 2 rings (SSSR count). The van der Waals surface area contributed by atoms with Crippen LogP contribution in [0.4, 0.5) is 0 Å². The normalized spacial score (nSPS) is 16.9. The molecule has 0 saturated carbocycles. The number of carbonyl (C=O) groups is 1. The molecule has 2 heterocycles. The van der Waals surface area contributed by atoms with E-state index in [2.05, 4.69) is 5.10 Å². The second-order valence-electron chi connectivity index (χ2n) is 4.99. The standard InChI is InChI=1S/C14H20ClN3O/c1-11-12(14(15)17(2)16-11)7-8-13(19)18-9-5-3-4-6-10-18/h7-8H,3-6,9-10H2,1-2H3/b8-7+. The molecule has 0 atom stereocenters. The molecule has 0 spiro atoms. The number of halogens is 1. The summed E-state index contributed by atoms with van der Waals surface area (Å²) in [5, 5.41) is 4.79. The number of likely N-dealkylation sites (tertiary alicyclic amines) is 1. The van der Waals surface area contributed by atoms with Crippen molar-refractivity contribution in [2.45, 2.75) is 32.6 Å². The average Bonchev–Trinajstić information content (AvgIpc) is 2.62. The van der Waals surface area contributed by atoms with Crippen LogP contribution in [0.2, 0.25) is 5.15 Å². The van der Waals surface area contributed by atoms with Gasteiger partial charge in [0.25, 0.3) is 0 Å². The molecule has 104 valence electrons. The third kappa shape index (κ3) is 3.38. The molecule has 1 aromatic heterocycles. The summed E-state index contributed by atoms with van der Waals surface area (Å²) in [6.45, 7) is 3.62. The lowest BCUT2D eigenvalue weighted by atomic mass is 10.2. The van der Waals surface area contributed by atoms with Crippen LogP contribution in [0.25, 0.3) is 6.08 Å². The Balaban J connectivity index is 2.06. The van der Waals surface area contributed by atoms with Crippen molar-refractivity contribution in [1.82, 2.24) is 14.7 Å². The van der Waals surface area contributed by atoms with E-state index in [0.29, 0.717) is 5.15 Å². The third-order valence-corrected chi connectivity index (χ3v) is 3.95. The van der Waals surface area contributed by atoms with Crippen molar-refractivity contribution in [3.8, 4) is 0 Å². The lowest BCUT2D eigenvalue weighted by Gasteiger charge is -2.17. The van der Waals surface area contributed by atoms with Gasteiger partial charge < -0.3 is 4.90 Å². The zero-order valence-corrected chi connectivity index (χ0v) is 12.3. The Kier molecular flexibility index (Phi) is 4.64. The highest BCUT2D eigenvalue weighted by Gasteiger charge is 2.14. The van der Waals surface area contributed by atoms with E-state index in [1.54, 1.807) is 23.9 Å². The largest absolute Gasteiger partial charge is 0.339 e. The summed E-state index contributed by atoms with van der Waals surface area (Å²) in [7, 11) is 1.79. The Morgan fingerprint density at radius 3 is 2.42 bits per heavy atom. The number of nitrogens with zero attached hydrogens (tertiary/aromatic N) is 3. The Labute approximate surface area is 119 Å². The predicted octanol–water partition coefficient (Wildman–Crippen LogP) is 2.80. The fraction of sp³-hybridized carbons (Fsp3) is 0.571. The molecule has 0 aliphatic carbocycles. The smallest absolute Gasteiger partial charge is 0.246 e. The molecule has 1 amide bonds. The first-order valence-corrected chi connectivity index (χ1v) is 7.13. The number of hydrogen-bond acceptors (Lipinski definition) is 2. The lowest BCUT2D eigenvalue weighted by molar-refractivity contribution is -0.125. The number of amides is 1. The van der Waals surface area contributed by atoms with E-state index in [9.17, 15) is 4.79 Å². The van der Waals surface area contributed by atoms with E-state index in [1.165, 1.54) is 12.8 Å². The minimum atomic E-state index is 0.0706. The highest BCUT2D eigenvalue weighted by Crippen LogP contribution is 2.20. The van der Waals surface area contributed by atoms with Crippen molar-refractivity contribution < 1.29 is 4.79 Å². The Morgan fingerprint density at radius 2 is 1.89 bits per heavy atom. The highest BCUT2D eigenvalue weighted by atomic mass is 35.5. The van der Waals surface area contributed by atoms with Crippen LogP contribution in [0.5, 0.6) is 0 Å². The fourth-order valence-electron chi connectivity index (χ4n) is 2.39. The van der Waals surface area contributed by atoms with Crippen LogP contribution < -0.4 is 0 Å². The second-order valence-corrected chi connectivity index (χ2v) is 5.34. The van der Waals surface area contributed by atoms with Gasteiger partial charge in [-0.25, -0.2) is 0 Å². The summed E-state index contributed by atoms with van der Waals surface area (Å²) in [5.74, 6) is 0.0706. The molecule has 0 aromatic carbocycles. The average molecular weight is 282 g/mol. The fourth-order valence-corrected chi connectivity index (χ4v) is 2.62. The molecule has 1 aliphatic heterocycles. The highest BCUT2D eigenvalue weighted by molar-refractivity contribution is 6.31. The zero-order chi connectivity index (χ0) is 13.8. The van der Waals surface area contributed by atoms with Gasteiger partial charge in [-0.2, -0.15) is 5.10 Å².